The van der Waals surface area contributed by atoms with E-state index in [0.717, 1.165) is 10.6 Å². The molecule has 6 heteroatoms. The van der Waals surface area contributed by atoms with Gasteiger partial charge in [-0.1, -0.05) is 6.07 Å². The van der Waals surface area contributed by atoms with Crippen molar-refractivity contribution in [3.63, 3.8) is 0 Å². The predicted molar refractivity (Wildman–Crippen MR) is 92.3 cm³/mol. The molecule has 2 aromatic rings. The van der Waals surface area contributed by atoms with Crippen molar-refractivity contribution in [2.24, 2.45) is 0 Å². The Hall–Kier alpha value is -2.34. The number of amides is 1. The first-order valence-electron chi connectivity index (χ1n) is 6.88. The minimum absolute atomic E-state index is 0.248. The zero-order valence-corrected chi connectivity index (χ0v) is 14.3. The molecule has 0 spiro atoms. The Bertz CT molecular complexity index is 678. The lowest BCUT2D eigenvalue weighted by atomic mass is 10.1. The predicted octanol–water partition coefficient (Wildman–Crippen LogP) is 3.69. The maximum absolute atomic E-state index is 12.5. The summed E-state index contributed by atoms with van der Waals surface area (Å²) < 4.78 is 15.8. The van der Waals surface area contributed by atoms with Crippen molar-refractivity contribution in [1.82, 2.24) is 0 Å². The van der Waals surface area contributed by atoms with Gasteiger partial charge in [0.25, 0.3) is 5.91 Å². The number of nitrogens with one attached hydrogen (secondary N) is 1. The van der Waals surface area contributed by atoms with Crippen LogP contribution in [0.25, 0.3) is 0 Å². The molecule has 0 aliphatic rings. The summed E-state index contributed by atoms with van der Waals surface area (Å²) in [4.78, 5) is 13.6. The van der Waals surface area contributed by atoms with Crippen molar-refractivity contribution in [3.8, 4) is 17.2 Å². The third-order valence-electron chi connectivity index (χ3n) is 3.25. The molecule has 0 fully saturated rings. The van der Waals surface area contributed by atoms with Crippen LogP contribution in [0.2, 0.25) is 0 Å². The Kier molecular flexibility index (Phi) is 5.76. The van der Waals surface area contributed by atoms with E-state index < -0.39 is 0 Å². The molecule has 0 bridgehead atoms. The lowest BCUT2D eigenvalue weighted by Crippen LogP contribution is -2.12. The van der Waals surface area contributed by atoms with E-state index in [-0.39, 0.29) is 5.91 Å². The van der Waals surface area contributed by atoms with Gasteiger partial charge in [-0.25, -0.2) is 0 Å². The van der Waals surface area contributed by atoms with Gasteiger partial charge in [0.2, 0.25) is 5.75 Å². The monoisotopic (exact) mass is 333 g/mol. The fourth-order valence-corrected chi connectivity index (χ4v) is 2.58. The molecule has 0 saturated carbocycles. The van der Waals surface area contributed by atoms with Gasteiger partial charge >= 0.3 is 0 Å². The SMILES string of the molecule is COc1cc(C(=O)Nc2cccc(SC)c2)cc(OC)c1OC. The molecule has 1 N–H and O–H groups in total. The summed E-state index contributed by atoms with van der Waals surface area (Å²) in [7, 11) is 4.55. The maximum atomic E-state index is 12.5. The van der Waals surface area contributed by atoms with Crippen LogP contribution in [0.15, 0.2) is 41.3 Å². The third-order valence-corrected chi connectivity index (χ3v) is 3.98. The lowest BCUT2D eigenvalue weighted by molar-refractivity contribution is 0.102. The maximum Gasteiger partial charge on any atom is 0.255 e. The molecular weight excluding hydrogens is 314 g/mol. The van der Waals surface area contributed by atoms with Gasteiger partial charge in [0.15, 0.2) is 11.5 Å². The van der Waals surface area contributed by atoms with Crippen LogP contribution in [0.5, 0.6) is 17.2 Å². The van der Waals surface area contributed by atoms with Crippen LogP contribution in [-0.2, 0) is 0 Å². The number of thioether (sulfide) groups is 1. The summed E-state index contributed by atoms with van der Waals surface area (Å²) in [6, 6.07) is 10.9. The molecule has 0 heterocycles. The largest absolute Gasteiger partial charge is 0.493 e. The highest BCUT2D eigenvalue weighted by Gasteiger charge is 2.17. The van der Waals surface area contributed by atoms with Crippen LogP contribution in [0, 0.1) is 0 Å². The van der Waals surface area contributed by atoms with Crippen molar-refractivity contribution in [3.05, 3.63) is 42.0 Å². The first kappa shape index (κ1) is 17.0. The standard InChI is InChI=1S/C17H19NO4S/c1-20-14-8-11(9-15(21-2)16(14)22-3)17(19)18-12-6-5-7-13(10-12)23-4/h5-10H,1-4H3,(H,18,19). The fourth-order valence-electron chi connectivity index (χ4n) is 2.12. The number of carbonyl (C=O) groups is 1. The molecular formula is C17H19NO4S. The zero-order chi connectivity index (χ0) is 16.8. The zero-order valence-electron chi connectivity index (χ0n) is 13.5. The topological polar surface area (TPSA) is 56.8 Å². The Labute approximate surface area is 139 Å². The van der Waals surface area contributed by atoms with Crippen LogP contribution in [0.1, 0.15) is 10.4 Å². The number of carbonyl (C=O) groups excluding carboxylic acids is 1. The minimum Gasteiger partial charge on any atom is -0.493 e. The summed E-state index contributed by atoms with van der Waals surface area (Å²) in [5.41, 5.74) is 1.16. The lowest BCUT2D eigenvalue weighted by Gasteiger charge is -2.14. The highest BCUT2D eigenvalue weighted by atomic mass is 32.2. The summed E-state index contributed by atoms with van der Waals surface area (Å²) >= 11 is 1.62. The molecule has 0 aliphatic carbocycles. The quantitative estimate of drug-likeness (QED) is 0.817. The molecule has 23 heavy (non-hydrogen) atoms. The van der Waals surface area contributed by atoms with Crippen molar-refractivity contribution in [1.29, 1.82) is 0 Å². The van der Waals surface area contributed by atoms with E-state index in [4.69, 9.17) is 14.2 Å². The number of rotatable bonds is 6. The molecule has 2 rings (SSSR count). The van der Waals surface area contributed by atoms with E-state index in [1.807, 2.05) is 30.5 Å². The average Bonchev–Trinajstić information content (AvgIpc) is 2.60. The van der Waals surface area contributed by atoms with E-state index in [1.54, 1.807) is 23.9 Å². The fraction of sp³-hybridized carbons (Fsp3) is 0.235. The molecule has 0 saturated heterocycles. The number of methoxy groups -OCH3 is 3. The van der Waals surface area contributed by atoms with Gasteiger partial charge in [0, 0.05) is 16.1 Å². The second-order valence-corrected chi connectivity index (χ2v) is 5.48. The van der Waals surface area contributed by atoms with Gasteiger partial charge in [-0.15, -0.1) is 11.8 Å². The van der Waals surface area contributed by atoms with Crippen LogP contribution < -0.4 is 19.5 Å². The Morgan fingerprint density at radius 3 is 2.17 bits per heavy atom. The smallest absolute Gasteiger partial charge is 0.255 e. The summed E-state index contributed by atoms with van der Waals surface area (Å²) in [5, 5.41) is 2.87. The van der Waals surface area contributed by atoms with E-state index in [2.05, 4.69) is 5.32 Å². The molecule has 2 aromatic carbocycles. The Morgan fingerprint density at radius 1 is 1.00 bits per heavy atom. The number of ether oxygens (including phenoxy) is 3. The highest BCUT2D eigenvalue weighted by molar-refractivity contribution is 7.98. The van der Waals surface area contributed by atoms with E-state index >= 15 is 0 Å². The van der Waals surface area contributed by atoms with Gasteiger partial charge in [-0.05, 0) is 36.6 Å². The minimum atomic E-state index is -0.248. The van der Waals surface area contributed by atoms with Gasteiger partial charge in [0.1, 0.15) is 0 Å². The second-order valence-electron chi connectivity index (χ2n) is 4.60. The Balaban J connectivity index is 2.31. The first-order valence-corrected chi connectivity index (χ1v) is 8.10. The number of hydrogen-bond donors (Lipinski definition) is 1. The van der Waals surface area contributed by atoms with Gasteiger partial charge in [-0.2, -0.15) is 0 Å². The van der Waals surface area contributed by atoms with Crippen LogP contribution >= 0.6 is 11.8 Å². The average molecular weight is 333 g/mol. The molecule has 0 unspecified atom stereocenters. The summed E-state index contributed by atoms with van der Waals surface area (Å²) in [6.45, 7) is 0. The second kappa shape index (κ2) is 7.78. The van der Waals surface area contributed by atoms with Crippen LogP contribution in [-0.4, -0.2) is 33.5 Å². The van der Waals surface area contributed by atoms with Crippen molar-refractivity contribution >= 4 is 23.4 Å². The van der Waals surface area contributed by atoms with Crippen molar-refractivity contribution < 1.29 is 19.0 Å². The highest BCUT2D eigenvalue weighted by Crippen LogP contribution is 2.38. The number of benzene rings is 2. The summed E-state index contributed by atoms with van der Waals surface area (Å²) in [6.07, 6.45) is 1.99. The van der Waals surface area contributed by atoms with Gasteiger partial charge in [0.05, 0.1) is 21.3 Å². The molecule has 1 amide bonds. The molecule has 0 atom stereocenters. The number of anilines is 1. The normalized spacial score (nSPS) is 10.1. The van der Waals surface area contributed by atoms with E-state index in [1.165, 1.54) is 21.3 Å². The molecule has 0 aliphatic heterocycles. The first-order chi connectivity index (χ1) is 11.1. The van der Waals surface area contributed by atoms with Crippen molar-refractivity contribution in [2.45, 2.75) is 4.90 Å². The summed E-state index contributed by atoms with van der Waals surface area (Å²) in [5.74, 6) is 1.09. The molecule has 122 valence electrons. The van der Waals surface area contributed by atoms with Gasteiger partial charge in [-0.3, -0.25) is 4.79 Å². The third kappa shape index (κ3) is 3.90. The van der Waals surface area contributed by atoms with E-state index in [9.17, 15) is 4.79 Å². The molecule has 0 aromatic heterocycles. The Morgan fingerprint density at radius 2 is 1.65 bits per heavy atom. The van der Waals surface area contributed by atoms with Gasteiger partial charge < -0.3 is 19.5 Å². The number of hydrogen-bond acceptors (Lipinski definition) is 5. The van der Waals surface area contributed by atoms with Crippen molar-refractivity contribution in [2.75, 3.05) is 32.9 Å². The van der Waals surface area contributed by atoms with Crippen LogP contribution in [0.3, 0.4) is 0 Å². The molecule has 5 nitrogen and oxygen atoms in total. The van der Waals surface area contributed by atoms with Crippen LogP contribution in [0.4, 0.5) is 5.69 Å². The molecule has 0 radical (unpaired) electrons. The van der Waals surface area contributed by atoms with E-state index in [0.29, 0.717) is 22.8 Å².